The highest BCUT2D eigenvalue weighted by atomic mass is 19.1. The summed E-state index contributed by atoms with van der Waals surface area (Å²) in [6.45, 7) is -0.312. The number of ketones is 1. The number of anilines is 1. The first-order valence-electron chi connectivity index (χ1n) is 9.39. The smallest absolute Gasteiger partial charge is 0.311 e. The van der Waals surface area contributed by atoms with Gasteiger partial charge >= 0.3 is 5.97 Å². The third-order valence-electron chi connectivity index (χ3n) is 5.37. The van der Waals surface area contributed by atoms with Gasteiger partial charge in [0.15, 0.2) is 12.4 Å². The van der Waals surface area contributed by atoms with Gasteiger partial charge in [0.25, 0.3) is 0 Å². The van der Waals surface area contributed by atoms with Crippen molar-refractivity contribution in [1.82, 2.24) is 0 Å². The van der Waals surface area contributed by atoms with Gasteiger partial charge < -0.3 is 9.64 Å². The number of halogens is 1. The number of fused-ring (bicyclic) bond motifs is 1. The molecule has 1 fully saturated rings. The molecule has 1 heterocycles. The number of esters is 1. The Balaban J connectivity index is 1.36. The van der Waals surface area contributed by atoms with Gasteiger partial charge in [-0.1, -0.05) is 24.3 Å². The van der Waals surface area contributed by atoms with Crippen LogP contribution in [0.3, 0.4) is 0 Å². The maximum atomic E-state index is 13.9. The van der Waals surface area contributed by atoms with Gasteiger partial charge in [-0.3, -0.25) is 14.4 Å². The first-order valence-corrected chi connectivity index (χ1v) is 9.39. The van der Waals surface area contributed by atoms with Gasteiger partial charge in [0.05, 0.1) is 11.6 Å². The number of benzene rings is 2. The SMILES string of the molecule is O=C(COC(=O)[C@H]1CC(=O)N(c2ccccc2F)C1)c1ccc2c(c1)CCC2. The van der Waals surface area contributed by atoms with Crippen LogP contribution in [-0.2, 0) is 27.2 Å². The summed E-state index contributed by atoms with van der Waals surface area (Å²) in [5, 5.41) is 0. The molecule has 6 heteroatoms. The largest absolute Gasteiger partial charge is 0.457 e. The zero-order valence-electron chi connectivity index (χ0n) is 15.3. The van der Waals surface area contributed by atoms with E-state index in [2.05, 4.69) is 0 Å². The standard InChI is InChI=1S/C22H20FNO4/c23-18-6-1-2-7-19(18)24-12-17(11-21(24)26)22(27)28-13-20(25)16-9-8-14-4-3-5-15(14)10-16/h1-2,6-10,17H,3-5,11-13H2/t17-/m0/s1. The van der Waals surface area contributed by atoms with E-state index >= 15 is 0 Å². The number of rotatable bonds is 5. The van der Waals surface area contributed by atoms with E-state index in [0.29, 0.717) is 5.56 Å². The highest BCUT2D eigenvalue weighted by Crippen LogP contribution is 2.28. The molecule has 1 aliphatic carbocycles. The number of carbonyl (C=O) groups is 3. The van der Waals surface area contributed by atoms with Crippen molar-refractivity contribution in [3.63, 3.8) is 0 Å². The first kappa shape index (κ1) is 18.3. The lowest BCUT2D eigenvalue weighted by Crippen LogP contribution is -2.27. The monoisotopic (exact) mass is 381 g/mol. The average Bonchev–Trinajstić information content (AvgIpc) is 3.32. The zero-order chi connectivity index (χ0) is 19.7. The number of amides is 1. The first-order chi connectivity index (χ1) is 13.5. The lowest BCUT2D eigenvalue weighted by atomic mass is 10.0. The third kappa shape index (κ3) is 3.54. The Kier molecular flexibility index (Phi) is 4.94. The highest BCUT2D eigenvalue weighted by molar-refractivity contribution is 6.01. The second kappa shape index (κ2) is 7.54. The summed E-state index contributed by atoms with van der Waals surface area (Å²) in [4.78, 5) is 38.1. The lowest BCUT2D eigenvalue weighted by Gasteiger charge is -2.17. The Morgan fingerprint density at radius 1 is 1.11 bits per heavy atom. The van der Waals surface area contributed by atoms with Crippen molar-refractivity contribution in [2.75, 3.05) is 18.1 Å². The Morgan fingerprint density at radius 2 is 1.89 bits per heavy atom. The number of ether oxygens (including phenoxy) is 1. The van der Waals surface area contributed by atoms with Crippen LogP contribution < -0.4 is 4.90 Å². The van der Waals surface area contributed by atoms with Crippen LogP contribution >= 0.6 is 0 Å². The molecule has 1 atom stereocenters. The molecular weight excluding hydrogens is 361 g/mol. The topological polar surface area (TPSA) is 63.7 Å². The van der Waals surface area contributed by atoms with Crippen LogP contribution in [0.1, 0.15) is 34.3 Å². The van der Waals surface area contributed by atoms with Gasteiger partial charge in [0.1, 0.15) is 5.82 Å². The molecule has 2 aromatic carbocycles. The van der Waals surface area contributed by atoms with E-state index < -0.39 is 17.7 Å². The van der Waals surface area contributed by atoms with Gasteiger partial charge in [-0.05, 0) is 48.6 Å². The second-order valence-corrected chi connectivity index (χ2v) is 7.22. The van der Waals surface area contributed by atoms with Crippen LogP contribution in [0.25, 0.3) is 0 Å². The van der Waals surface area contributed by atoms with Crippen LogP contribution in [0.15, 0.2) is 42.5 Å². The van der Waals surface area contributed by atoms with E-state index in [1.165, 1.54) is 34.2 Å². The predicted octanol–water partition coefficient (Wildman–Crippen LogP) is 3.09. The predicted molar refractivity (Wildman–Crippen MR) is 101 cm³/mol. The number of carbonyl (C=O) groups excluding carboxylic acids is 3. The number of nitrogens with zero attached hydrogens (tertiary/aromatic N) is 1. The van der Waals surface area contributed by atoms with Gasteiger partial charge in [0.2, 0.25) is 5.91 Å². The summed E-state index contributed by atoms with van der Waals surface area (Å²) >= 11 is 0. The van der Waals surface area contributed by atoms with Crippen molar-refractivity contribution in [1.29, 1.82) is 0 Å². The molecule has 0 unspecified atom stereocenters. The molecule has 0 aromatic heterocycles. The van der Waals surface area contributed by atoms with Crippen LogP contribution in [0.2, 0.25) is 0 Å². The van der Waals surface area contributed by atoms with E-state index in [4.69, 9.17) is 4.74 Å². The van der Waals surface area contributed by atoms with Crippen molar-refractivity contribution in [2.24, 2.45) is 5.92 Å². The van der Waals surface area contributed by atoms with Crippen LogP contribution in [0.5, 0.6) is 0 Å². The van der Waals surface area contributed by atoms with Gasteiger partial charge in [0, 0.05) is 18.5 Å². The van der Waals surface area contributed by atoms with Crippen LogP contribution in [0, 0.1) is 11.7 Å². The Morgan fingerprint density at radius 3 is 2.71 bits per heavy atom. The van der Waals surface area contributed by atoms with Crippen molar-refractivity contribution in [3.05, 3.63) is 65.0 Å². The van der Waals surface area contributed by atoms with Gasteiger partial charge in [-0.2, -0.15) is 0 Å². The normalized spacial score (nSPS) is 18.2. The molecule has 2 aromatic rings. The minimum Gasteiger partial charge on any atom is -0.457 e. The Labute approximate surface area is 162 Å². The fourth-order valence-corrected chi connectivity index (χ4v) is 3.85. The van der Waals surface area contributed by atoms with Crippen molar-refractivity contribution < 1.29 is 23.5 Å². The molecule has 0 saturated carbocycles. The summed E-state index contributed by atoms with van der Waals surface area (Å²) in [5.41, 5.74) is 3.13. The zero-order valence-corrected chi connectivity index (χ0v) is 15.3. The maximum Gasteiger partial charge on any atom is 0.311 e. The Hall–Kier alpha value is -3.02. The molecule has 0 radical (unpaired) electrons. The summed E-state index contributed by atoms with van der Waals surface area (Å²) in [5.74, 6) is -2.44. The van der Waals surface area contributed by atoms with Gasteiger partial charge in [-0.15, -0.1) is 0 Å². The van der Waals surface area contributed by atoms with Crippen molar-refractivity contribution >= 4 is 23.3 Å². The molecule has 1 saturated heterocycles. The quantitative estimate of drug-likeness (QED) is 0.590. The molecule has 0 spiro atoms. The molecule has 0 N–H and O–H groups in total. The molecule has 2 aliphatic rings. The number of hydrogen-bond acceptors (Lipinski definition) is 4. The fourth-order valence-electron chi connectivity index (χ4n) is 3.85. The number of hydrogen-bond donors (Lipinski definition) is 0. The summed E-state index contributed by atoms with van der Waals surface area (Å²) in [6.07, 6.45) is 3.04. The summed E-state index contributed by atoms with van der Waals surface area (Å²) < 4.78 is 19.1. The average molecular weight is 381 g/mol. The molecular formula is C22H20FNO4. The van der Waals surface area contributed by atoms with E-state index in [0.717, 1.165) is 19.3 Å². The summed E-state index contributed by atoms with van der Waals surface area (Å²) in [6, 6.07) is 11.5. The molecule has 0 bridgehead atoms. The minimum atomic E-state index is -0.708. The Bertz CT molecular complexity index is 955. The molecule has 144 valence electrons. The minimum absolute atomic E-state index is 0.0473. The molecule has 5 nitrogen and oxygen atoms in total. The lowest BCUT2D eigenvalue weighted by molar-refractivity contribution is -0.147. The van der Waals surface area contributed by atoms with Crippen LogP contribution in [0.4, 0.5) is 10.1 Å². The van der Waals surface area contributed by atoms with E-state index in [-0.39, 0.29) is 37.0 Å². The molecule has 1 amide bonds. The molecule has 4 rings (SSSR count). The number of Topliss-reactive ketones (excluding diaryl/α,β-unsaturated/α-hetero) is 1. The fraction of sp³-hybridized carbons (Fsp3) is 0.318. The molecule has 28 heavy (non-hydrogen) atoms. The van der Waals surface area contributed by atoms with E-state index in [1.54, 1.807) is 12.1 Å². The van der Waals surface area contributed by atoms with Crippen molar-refractivity contribution in [3.8, 4) is 0 Å². The maximum absolute atomic E-state index is 13.9. The van der Waals surface area contributed by atoms with Crippen molar-refractivity contribution in [2.45, 2.75) is 25.7 Å². The van der Waals surface area contributed by atoms with E-state index in [1.807, 2.05) is 12.1 Å². The second-order valence-electron chi connectivity index (χ2n) is 7.22. The number of para-hydroxylation sites is 1. The highest BCUT2D eigenvalue weighted by Gasteiger charge is 2.37. The number of aryl methyl sites for hydroxylation is 2. The molecule has 1 aliphatic heterocycles. The summed E-state index contributed by atoms with van der Waals surface area (Å²) in [7, 11) is 0. The van der Waals surface area contributed by atoms with Gasteiger partial charge in [-0.25, -0.2) is 4.39 Å². The third-order valence-corrected chi connectivity index (χ3v) is 5.37. The van der Waals surface area contributed by atoms with Crippen LogP contribution in [-0.4, -0.2) is 30.8 Å². The van der Waals surface area contributed by atoms with E-state index in [9.17, 15) is 18.8 Å².